The molecule has 1 unspecified atom stereocenters. The third-order valence-corrected chi connectivity index (χ3v) is 5.83. The Bertz CT molecular complexity index is 1070. The number of carbonyl (C=O) groups excluding carboxylic acids is 1. The average molecular weight is 483 g/mol. The van der Waals surface area contributed by atoms with Crippen molar-refractivity contribution in [2.75, 3.05) is 33.0 Å². The number of fused-ring (bicyclic) bond motifs is 1. The first kappa shape index (κ1) is 24.5. The molecule has 3 aromatic rings. The summed E-state index contributed by atoms with van der Waals surface area (Å²) >= 11 is 0. The zero-order chi connectivity index (χ0) is 24.3. The van der Waals surface area contributed by atoms with Crippen LogP contribution < -0.4 is 24.8 Å². The number of benzene rings is 2. The normalized spacial score (nSPS) is 16.2. The molecule has 35 heavy (non-hydrogen) atoms. The maximum atomic E-state index is 13.3. The molecular weight excluding hydrogens is 451 g/mol. The molecule has 1 aromatic heterocycles. The van der Waals surface area contributed by atoms with Gasteiger partial charge in [-0.1, -0.05) is 18.2 Å². The molecule has 0 radical (unpaired) electrons. The number of nitrogens with zero attached hydrogens (tertiary/aromatic N) is 1. The highest BCUT2D eigenvalue weighted by molar-refractivity contribution is 5.78. The van der Waals surface area contributed by atoms with E-state index in [4.69, 9.17) is 14.2 Å². The Kier molecular flexibility index (Phi) is 8.94. The van der Waals surface area contributed by atoms with Crippen LogP contribution in [-0.4, -0.2) is 49.1 Å². The first-order valence-electron chi connectivity index (χ1n) is 11.9. The second kappa shape index (κ2) is 12.8. The molecular formula is C26H31FN4O4. The van der Waals surface area contributed by atoms with E-state index in [2.05, 4.69) is 20.8 Å². The molecule has 2 aromatic carbocycles. The van der Waals surface area contributed by atoms with E-state index in [1.54, 1.807) is 30.6 Å². The van der Waals surface area contributed by atoms with Crippen molar-refractivity contribution in [2.45, 2.75) is 25.7 Å². The second-order valence-corrected chi connectivity index (χ2v) is 8.51. The molecule has 3 heterocycles. The van der Waals surface area contributed by atoms with E-state index in [1.807, 2.05) is 18.2 Å². The highest BCUT2D eigenvalue weighted by Gasteiger charge is 2.16. The highest BCUT2D eigenvalue weighted by Crippen LogP contribution is 2.35. The van der Waals surface area contributed by atoms with Gasteiger partial charge in [0.05, 0.1) is 19.2 Å². The van der Waals surface area contributed by atoms with E-state index >= 15 is 0 Å². The SMILES string of the molecule is O=C(Cc1ccccc1F)NCCc1cn[nH]c1.c1cc2c(cc1OCC1CCCNC1)OCO2. The quantitative estimate of drug-likeness (QED) is 0.456. The number of amides is 1. The van der Waals surface area contributed by atoms with E-state index in [0.717, 1.165) is 42.5 Å². The zero-order valence-corrected chi connectivity index (χ0v) is 19.6. The van der Waals surface area contributed by atoms with Gasteiger partial charge >= 0.3 is 0 Å². The third kappa shape index (κ3) is 7.71. The lowest BCUT2D eigenvalue weighted by Gasteiger charge is -2.22. The standard InChI is InChI=1S/C13H14FN3O.C13H17NO3/c14-12-4-2-1-3-11(12)7-13(18)15-6-5-10-8-16-17-9-10;1-2-10(7-14-5-1)8-15-11-3-4-12-13(6-11)17-9-16-12/h1-4,8-9H,5-7H2,(H,15,18)(H,16,17);3-4,6,10,14H,1-2,5,7-9H2. The maximum absolute atomic E-state index is 13.3. The molecule has 2 aliphatic heterocycles. The smallest absolute Gasteiger partial charge is 0.231 e. The zero-order valence-electron chi connectivity index (χ0n) is 19.6. The van der Waals surface area contributed by atoms with Gasteiger partial charge in [-0.15, -0.1) is 0 Å². The van der Waals surface area contributed by atoms with Gasteiger partial charge in [0.25, 0.3) is 0 Å². The summed E-state index contributed by atoms with van der Waals surface area (Å²) in [6, 6.07) is 12.0. The molecule has 5 rings (SSSR count). The number of hydrogen-bond donors (Lipinski definition) is 3. The molecule has 0 aliphatic carbocycles. The second-order valence-electron chi connectivity index (χ2n) is 8.51. The van der Waals surface area contributed by atoms with Crippen molar-refractivity contribution < 1.29 is 23.4 Å². The number of nitrogens with one attached hydrogen (secondary N) is 3. The monoisotopic (exact) mass is 482 g/mol. The fourth-order valence-electron chi connectivity index (χ4n) is 3.88. The van der Waals surface area contributed by atoms with Gasteiger partial charge in [0.15, 0.2) is 11.5 Å². The number of hydrogen-bond acceptors (Lipinski definition) is 6. The number of aromatic nitrogens is 2. The molecule has 186 valence electrons. The minimum atomic E-state index is -0.345. The predicted octanol–water partition coefficient (Wildman–Crippen LogP) is 3.24. The van der Waals surface area contributed by atoms with Gasteiger partial charge in [0.1, 0.15) is 11.6 Å². The molecule has 1 amide bonds. The Balaban J connectivity index is 0.000000165. The average Bonchev–Trinajstić information content (AvgIpc) is 3.57. The van der Waals surface area contributed by atoms with Crippen LogP contribution in [0.3, 0.4) is 0 Å². The first-order valence-corrected chi connectivity index (χ1v) is 11.9. The molecule has 0 spiro atoms. The number of aromatic amines is 1. The lowest BCUT2D eigenvalue weighted by Crippen LogP contribution is -2.33. The van der Waals surface area contributed by atoms with Gasteiger partial charge in [-0.25, -0.2) is 4.39 Å². The molecule has 9 heteroatoms. The topological polar surface area (TPSA) is 97.5 Å². The van der Waals surface area contributed by atoms with Crippen molar-refractivity contribution in [2.24, 2.45) is 5.92 Å². The Labute approximate surface area is 204 Å². The first-order chi connectivity index (χ1) is 17.2. The van der Waals surface area contributed by atoms with Gasteiger partial charge in [-0.2, -0.15) is 5.10 Å². The summed E-state index contributed by atoms with van der Waals surface area (Å²) in [5.74, 6) is 2.54. The van der Waals surface area contributed by atoms with Crippen LogP contribution in [-0.2, 0) is 17.6 Å². The highest BCUT2D eigenvalue weighted by atomic mass is 19.1. The van der Waals surface area contributed by atoms with Crippen LogP contribution in [0.1, 0.15) is 24.0 Å². The van der Waals surface area contributed by atoms with Crippen molar-refractivity contribution in [1.29, 1.82) is 0 Å². The van der Waals surface area contributed by atoms with Gasteiger partial charge in [-0.05, 0) is 55.1 Å². The summed E-state index contributed by atoms with van der Waals surface area (Å²) in [4.78, 5) is 11.6. The number of rotatable bonds is 8. The lowest BCUT2D eigenvalue weighted by molar-refractivity contribution is -0.120. The number of carbonyl (C=O) groups is 1. The molecule has 8 nitrogen and oxygen atoms in total. The Morgan fingerprint density at radius 1 is 1.20 bits per heavy atom. The Hall–Kier alpha value is -3.59. The predicted molar refractivity (Wildman–Crippen MR) is 129 cm³/mol. The van der Waals surface area contributed by atoms with Crippen LogP contribution in [0.4, 0.5) is 4.39 Å². The fourth-order valence-corrected chi connectivity index (χ4v) is 3.88. The molecule has 1 fully saturated rings. The van der Waals surface area contributed by atoms with Gasteiger partial charge in [-0.3, -0.25) is 9.89 Å². The largest absolute Gasteiger partial charge is 0.493 e. The van der Waals surface area contributed by atoms with Crippen molar-refractivity contribution in [3.05, 3.63) is 71.8 Å². The van der Waals surface area contributed by atoms with Gasteiger partial charge in [0, 0.05) is 31.3 Å². The summed E-state index contributed by atoms with van der Waals surface area (Å²) in [5, 5.41) is 12.7. The van der Waals surface area contributed by atoms with E-state index in [9.17, 15) is 9.18 Å². The molecule has 1 atom stereocenters. The molecule has 1 saturated heterocycles. The Morgan fingerprint density at radius 2 is 2.09 bits per heavy atom. The summed E-state index contributed by atoms with van der Waals surface area (Å²) in [5.41, 5.74) is 1.44. The summed E-state index contributed by atoms with van der Waals surface area (Å²) in [6.07, 6.45) is 6.76. The number of H-pyrrole nitrogens is 1. The number of ether oxygens (including phenoxy) is 3. The van der Waals surface area contributed by atoms with Crippen molar-refractivity contribution in [3.8, 4) is 17.2 Å². The van der Waals surface area contributed by atoms with Crippen molar-refractivity contribution in [3.63, 3.8) is 0 Å². The van der Waals surface area contributed by atoms with E-state index < -0.39 is 0 Å². The number of piperidine rings is 1. The Morgan fingerprint density at radius 3 is 2.89 bits per heavy atom. The van der Waals surface area contributed by atoms with Crippen molar-refractivity contribution in [1.82, 2.24) is 20.8 Å². The van der Waals surface area contributed by atoms with E-state index in [0.29, 0.717) is 31.2 Å². The van der Waals surface area contributed by atoms with Gasteiger partial charge < -0.3 is 24.8 Å². The minimum Gasteiger partial charge on any atom is -0.493 e. The molecule has 3 N–H and O–H groups in total. The lowest BCUT2D eigenvalue weighted by atomic mass is 10.0. The van der Waals surface area contributed by atoms with Crippen LogP contribution in [0.15, 0.2) is 54.9 Å². The third-order valence-electron chi connectivity index (χ3n) is 5.83. The van der Waals surface area contributed by atoms with Gasteiger partial charge in [0.2, 0.25) is 12.7 Å². The summed E-state index contributed by atoms with van der Waals surface area (Å²) in [6.45, 7) is 3.80. The summed E-state index contributed by atoms with van der Waals surface area (Å²) in [7, 11) is 0. The maximum Gasteiger partial charge on any atom is 0.231 e. The van der Waals surface area contributed by atoms with E-state index in [1.165, 1.54) is 18.9 Å². The van der Waals surface area contributed by atoms with Crippen LogP contribution in [0, 0.1) is 11.7 Å². The van der Waals surface area contributed by atoms with Crippen molar-refractivity contribution >= 4 is 5.91 Å². The summed E-state index contributed by atoms with van der Waals surface area (Å²) < 4.78 is 29.7. The van der Waals surface area contributed by atoms with Crippen LogP contribution in [0.5, 0.6) is 17.2 Å². The van der Waals surface area contributed by atoms with Crippen LogP contribution >= 0.6 is 0 Å². The van der Waals surface area contributed by atoms with Crippen LogP contribution in [0.2, 0.25) is 0 Å². The van der Waals surface area contributed by atoms with Crippen LogP contribution in [0.25, 0.3) is 0 Å². The molecule has 2 aliphatic rings. The minimum absolute atomic E-state index is 0.0675. The number of halogens is 1. The molecule has 0 bridgehead atoms. The fraction of sp³-hybridized carbons (Fsp3) is 0.385. The molecule has 0 saturated carbocycles. The van der Waals surface area contributed by atoms with E-state index in [-0.39, 0.29) is 18.1 Å².